The fraction of sp³-hybridized carbons (Fsp3) is 0.500. The molecule has 1 aromatic carbocycles. The molecule has 1 fully saturated rings. The van der Waals surface area contributed by atoms with Crippen LogP contribution in [0.4, 0.5) is 5.69 Å². The molecule has 2 rings (SSSR count). The van der Waals surface area contributed by atoms with Crippen molar-refractivity contribution in [1.29, 1.82) is 0 Å². The number of nitrogens with zero attached hydrogens (tertiary/aromatic N) is 3. The van der Waals surface area contributed by atoms with E-state index in [0.717, 1.165) is 18.7 Å². The Morgan fingerprint density at radius 3 is 2.60 bits per heavy atom. The lowest BCUT2D eigenvalue weighted by Gasteiger charge is -2.34. The molecule has 1 aliphatic heterocycles. The van der Waals surface area contributed by atoms with Crippen molar-refractivity contribution >= 4 is 11.4 Å². The zero-order chi connectivity index (χ0) is 14.7. The summed E-state index contributed by atoms with van der Waals surface area (Å²) in [4.78, 5) is 17.8. The Morgan fingerprint density at radius 2 is 2.00 bits per heavy atom. The van der Waals surface area contributed by atoms with Crippen LogP contribution in [0.15, 0.2) is 29.4 Å². The minimum absolute atomic E-state index is 0.0475. The van der Waals surface area contributed by atoms with Gasteiger partial charge >= 0.3 is 0 Å². The van der Waals surface area contributed by atoms with Crippen molar-refractivity contribution in [3.63, 3.8) is 0 Å². The molecule has 1 heterocycles. The molecule has 108 valence electrons. The topological polar surface area (TPSA) is 68.0 Å². The summed E-state index contributed by atoms with van der Waals surface area (Å²) in [7, 11) is 2.11. The third-order valence-electron chi connectivity index (χ3n) is 3.70. The van der Waals surface area contributed by atoms with Crippen molar-refractivity contribution < 1.29 is 9.76 Å². The van der Waals surface area contributed by atoms with Crippen LogP contribution in [-0.4, -0.2) is 35.2 Å². The van der Waals surface area contributed by atoms with Gasteiger partial charge in [0.15, 0.2) is 5.75 Å². The standard InChI is InChI=1S/C14H19N3O3/c1-10-9-16(3)11(2)8-14(10)15-20-13-6-4-12(5-7-13)17(18)19/h4-7,10-11H,8-9H2,1-3H3/b15-14-/t10-,11+/m0/s1. The van der Waals surface area contributed by atoms with Crippen molar-refractivity contribution in [2.45, 2.75) is 26.3 Å². The lowest BCUT2D eigenvalue weighted by Crippen LogP contribution is -2.43. The first-order chi connectivity index (χ1) is 9.47. The molecule has 0 radical (unpaired) electrons. The molecule has 0 aliphatic carbocycles. The third kappa shape index (κ3) is 3.33. The Morgan fingerprint density at radius 1 is 1.35 bits per heavy atom. The molecule has 0 spiro atoms. The highest BCUT2D eigenvalue weighted by Gasteiger charge is 2.25. The molecule has 0 N–H and O–H groups in total. The average Bonchev–Trinajstić information content (AvgIpc) is 2.42. The number of rotatable bonds is 3. The normalized spacial score (nSPS) is 25.6. The maximum Gasteiger partial charge on any atom is 0.269 e. The van der Waals surface area contributed by atoms with Crippen molar-refractivity contribution in [3.8, 4) is 5.75 Å². The minimum Gasteiger partial charge on any atom is -0.357 e. The van der Waals surface area contributed by atoms with Crippen LogP contribution in [0.5, 0.6) is 5.75 Å². The van der Waals surface area contributed by atoms with Gasteiger partial charge in [0.25, 0.3) is 5.69 Å². The largest absolute Gasteiger partial charge is 0.357 e. The minimum atomic E-state index is -0.434. The first kappa shape index (κ1) is 14.5. The average molecular weight is 277 g/mol. The zero-order valence-corrected chi connectivity index (χ0v) is 11.9. The highest BCUT2D eigenvalue weighted by molar-refractivity contribution is 5.87. The summed E-state index contributed by atoms with van der Waals surface area (Å²) < 4.78 is 0. The molecule has 6 heteroatoms. The molecule has 0 aromatic heterocycles. The van der Waals surface area contributed by atoms with Gasteiger partial charge in [-0.2, -0.15) is 0 Å². The van der Waals surface area contributed by atoms with Gasteiger partial charge in [0, 0.05) is 37.1 Å². The Balaban J connectivity index is 2.03. The van der Waals surface area contributed by atoms with Crippen molar-refractivity contribution in [1.82, 2.24) is 4.90 Å². The number of piperidine rings is 1. The summed E-state index contributed by atoms with van der Waals surface area (Å²) in [6.45, 7) is 5.25. The van der Waals surface area contributed by atoms with Gasteiger partial charge in [-0.1, -0.05) is 12.1 Å². The summed E-state index contributed by atoms with van der Waals surface area (Å²) in [5.41, 5.74) is 1.08. The third-order valence-corrected chi connectivity index (χ3v) is 3.70. The van der Waals surface area contributed by atoms with Crippen molar-refractivity contribution in [2.75, 3.05) is 13.6 Å². The lowest BCUT2D eigenvalue weighted by molar-refractivity contribution is -0.384. The number of likely N-dealkylation sites (tertiary alicyclic amines) is 1. The summed E-state index contributed by atoms with van der Waals surface area (Å²) in [5.74, 6) is 0.871. The van der Waals surface area contributed by atoms with Gasteiger partial charge < -0.3 is 9.74 Å². The molecule has 0 saturated carbocycles. The van der Waals surface area contributed by atoms with Crippen LogP contribution >= 0.6 is 0 Å². The highest BCUT2D eigenvalue weighted by Crippen LogP contribution is 2.21. The second-order valence-electron chi connectivity index (χ2n) is 5.32. The van der Waals surface area contributed by atoms with Crippen LogP contribution in [0.25, 0.3) is 0 Å². The van der Waals surface area contributed by atoms with Crippen molar-refractivity contribution in [3.05, 3.63) is 34.4 Å². The van der Waals surface area contributed by atoms with E-state index >= 15 is 0 Å². The van der Waals surface area contributed by atoms with E-state index in [0.29, 0.717) is 17.7 Å². The number of benzene rings is 1. The van der Waals surface area contributed by atoms with E-state index in [4.69, 9.17) is 4.84 Å². The number of nitro benzene ring substituents is 1. The fourth-order valence-corrected chi connectivity index (χ4v) is 2.24. The maximum absolute atomic E-state index is 10.6. The van der Waals surface area contributed by atoms with E-state index in [1.807, 2.05) is 0 Å². The number of hydrogen-bond donors (Lipinski definition) is 0. The Bertz CT molecular complexity index is 513. The molecule has 6 nitrogen and oxygen atoms in total. The van der Waals surface area contributed by atoms with E-state index in [1.165, 1.54) is 12.1 Å². The molecule has 0 unspecified atom stereocenters. The van der Waals surface area contributed by atoms with E-state index < -0.39 is 4.92 Å². The predicted molar refractivity (Wildman–Crippen MR) is 77.0 cm³/mol. The van der Waals surface area contributed by atoms with Crippen LogP contribution in [0.2, 0.25) is 0 Å². The van der Waals surface area contributed by atoms with Gasteiger partial charge in [-0.05, 0) is 26.1 Å². The van der Waals surface area contributed by atoms with E-state index in [1.54, 1.807) is 12.1 Å². The fourth-order valence-electron chi connectivity index (χ4n) is 2.24. The summed E-state index contributed by atoms with van der Waals surface area (Å²) in [6.07, 6.45) is 0.880. The maximum atomic E-state index is 10.6. The Labute approximate surface area is 118 Å². The van der Waals surface area contributed by atoms with Crippen LogP contribution in [-0.2, 0) is 0 Å². The van der Waals surface area contributed by atoms with E-state index in [2.05, 4.69) is 31.0 Å². The van der Waals surface area contributed by atoms with Crippen LogP contribution < -0.4 is 4.84 Å². The Hall–Kier alpha value is -1.95. The molecular weight excluding hydrogens is 258 g/mol. The van der Waals surface area contributed by atoms with Gasteiger partial charge in [0.1, 0.15) is 0 Å². The number of non-ortho nitro benzene ring substituents is 1. The monoisotopic (exact) mass is 277 g/mol. The molecular formula is C14H19N3O3. The van der Waals surface area contributed by atoms with Gasteiger partial charge in [-0.25, -0.2) is 0 Å². The quantitative estimate of drug-likeness (QED) is 0.629. The van der Waals surface area contributed by atoms with E-state index in [9.17, 15) is 10.1 Å². The number of oxime groups is 1. The van der Waals surface area contributed by atoms with Crippen LogP contribution in [0, 0.1) is 16.0 Å². The second-order valence-corrected chi connectivity index (χ2v) is 5.32. The van der Waals surface area contributed by atoms with Gasteiger partial charge in [0.05, 0.1) is 10.6 Å². The highest BCUT2D eigenvalue weighted by atomic mass is 16.6. The molecule has 1 aromatic rings. The summed E-state index contributed by atoms with van der Waals surface area (Å²) in [5, 5.41) is 14.8. The molecule has 0 bridgehead atoms. The van der Waals surface area contributed by atoms with Gasteiger partial charge in [-0.3, -0.25) is 10.1 Å². The van der Waals surface area contributed by atoms with Crippen LogP contribution in [0.1, 0.15) is 20.3 Å². The summed E-state index contributed by atoms with van der Waals surface area (Å²) in [6, 6.07) is 6.40. The van der Waals surface area contributed by atoms with E-state index in [-0.39, 0.29) is 5.69 Å². The SMILES string of the molecule is C[C@@H]1C/C(=N/Oc2ccc([N+](=O)[O-])cc2)[C@@H](C)CN1C. The molecule has 0 amide bonds. The lowest BCUT2D eigenvalue weighted by atomic mass is 9.93. The van der Waals surface area contributed by atoms with Crippen molar-refractivity contribution in [2.24, 2.45) is 11.1 Å². The molecule has 1 saturated heterocycles. The molecule has 2 atom stereocenters. The smallest absolute Gasteiger partial charge is 0.269 e. The second kappa shape index (κ2) is 6.00. The first-order valence-electron chi connectivity index (χ1n) is 6.66. The molecule has 1 aliphatic rings. The van der Waals surface area contributed by atoms with Crippen LogP contribution in [0.3, 0.4) is 0 Å². The molecule has 20 heavy (non-hydrogen) atoms. The number of hydrogen-bond acceptors (Lipinski definition) is 5. The van der Waals surface area contributed by atoms with Gasteiger partial charge in [-0.15, -0.1) is 0 Å². The van der Waals surface area contributed by atoms with Gasteiger partial charge in [0.2, 0.25) is 0 Å². The predicted octanol–water partition coefficient (Wildman–Crippen LogP) is 2.69. The Kier molecular flexibility index (Phi) is 4.34. The number of nitro groups is 1. The zero-order valence-electron chi connectivity index (χ0n) is 11.9. The first-order valence-corrected chi connectivity index (χ1v) is 6.66. The summed E-state index contributed by atoms with van der Waals surface area (Å²) >= 11 is 0.